The van der Waals surface area contributed by atoms with Crippen molar-refractivity contribution in [1.82, 2.24) is 5.32 Å². The van der Waals surface area contributed by atoms with E-state index in [9.17, 15) is 5.11 Å². The molecule has 1 aliphatic rings. The molecule has 1 heterocycles. The highest BCUT2D eigenvalue weighted by Gasteiger charge is 2.21. The van der Waals surface area contributed by atoms with Crippen molar-refractivity contribution >= 4 is 0 Å². The molecule has 1 fully saturated rings. The minimum atomic E-state index is -0.445. The van der Waals surface area contributed by atoms with Crippen LogP contribution in [0.1, 0.15) is 26.2 Å². The van der Waals surface area contributed by atoms with Crippen molar-refractivity contribution in [3.63, 3.8) is 0 Å². The molecule has 84 valence electrons. The van der Waals surface area contributed by atoms with Crippen LogP contribution in [-0.2, 0) is 9.47 Å². The van der Waals surface area contributed by atoms with Gasteiger partial charge in [-0.1, -0.05) is 19.8 Å². The van der Waals surface area contributed by atoms with Gasteiger partial charge in [-0.3, -0.25) is 0 Å². The van der Waals surface area contributed by atoms with Gasteiger partial charge in [0, 0.05) is 0 Å². The molecule has 0 bridgehead atoms. The van der Waals surface area contributed by atoms with E-state index in [1.165, 1.54) is 12.8 Å². The highest BCUT2D eigenvalue weighted by molar-refractivity contribution is 4.76. The van der Waals surface area contributed by atoms with Gasteiger partial charge < -0.3 is 19.9 Å². The molecule has 0 saturated carbocycles. The van der Waals surface area contributed by atoms with Gasteiger partial charge in [0.15, 0.2) is 0 Å². The molecule has 1 rings (SSSR count). The minimum Gasteiger partial charge on any atom is -0.389 e. The zero-order valence-corrected chi connectivity index (χ0v) is 8.87. The van der Waals surface area contributed by atoms with Crippen LogP contribution in [0.2, 0.25) is 0 Å². The Morgan fingerprint density at radius 1 is 1.29 bits per heavy atom. The summed E-state index contributed by atoms with van der Waals surface area (Å²) in [4.78, 5) is 0. The summed E-state index contributed by atoms with van der Waals surface area (Å²) in [5.74, 6) is 0. The summed E-state index contributed by atoms with van der Waals surface area (Å²) in [6.07, 6.45) is 3.15. The summed E-state index contributed by atoms with van der Waals surface area (Å²) < 4.78 is 10.2. The van der Waals surface area contributed by atoms with Gasteiger partial charge in [0.2, 0.25) is 0 Å². The molecule has 0 aliphatic carbocycles. The molecular formula is C10H21NO3. The van der Waals surface area contributed by atoms with Gasteiger partial charge in [0.05, 0.1) is 25.4 Å². The Morgan fingerprint density at radius 3 is 2.86 bits per heavy atom. The van der Waals surface area contributed by atoms with Crippen LogP contribution in [0.25, 0.3) is 0 Å². The van der Waals surface area contributed by atoms with E-state index in [2.05, 4.69) is 12.2 Å². The Balaban J connectivity index is 2.13. The summed E-state index contributed by atoms with van der Waals surface area (Å²) in [6, 6.07) is 0.0226. The molecule has 4 heteroatoms. The second kappa shape index (κ2) is 7.17. The smallest absolute Gasteiger partial charge is 0.146 e. The van der Waals surface area contributed by atoms with Crippen LogP contribution in [0.15, 0.2) is 0 Å². The van der Waals surface area contributed by atoms with Crippen molar-refractivity contribution < 1.29 is 14.6 Å². The third-order valence-corrected chi connectivity index (χ3v) is 2.40. The number of rotatable bonds is 5. The average molecular weight is 203 g/mol. The van der Waals surface area contributed by atoms with Crippen LogP contribution >= 0.6 is 0 Å². The molecule has 1 saturated heterocycles. The lowest BCUT2D eigenvalue weighted by atomic mass is 10.1. The summed E-state index contributed by atoms with van der Waals surface area (Å²) >= 11 is 0. The number of hydrogen-bond donors (Lipinski definition) is 2. The Hall–Kier alpha value is -0.160. The highest BCUT2D eigenvalue weighted by Crippen LogP contribution is 2.02. The second-order valence-corrected chi connectivity index (χ2v) is 3.69. The topological polar surface area (TPSA) is 50.7 Å². The molecule has 4 nitrogen and oxygen atoms in total. The van der Waals surface area contributed by atoms with Crippen LogP contribution in [0.4, 0.5) is 0 Å². The summed E-state index contributed by atoms with van der Waals surface area (Å²) in [5, 5.41) is 12.9. The van der Waals surface area contributed by atoms with E-state index in [4.69, 9.17) is 9.47 Å². The maximum Gasteiger partial charge on any atom is 0.146 e. The maximum atomic E-state index is 9.64. The van der Waals surface area contributed by atoms with Gasteiger partial charge in [-0.2, -0.15) is 0 Å². The Kier molecular flexibility index (Phi) is 6.10. The van der Waals surface area contributed by atoms with Gasteiger partial charge in [0.25, 0.3) is 0 Å². The van der Waals surface area contributed by atoms with E-state index in [1.807, 2.05) is 0 Å². The largest absolute Gasteiger partial charge is 0.389 e. The first-order valence-electron chi connectivity index (χ1n) is 5.41. The molecule has 1 aliphatic heterocycles. The first-order chi connectivity index (χ1) is 6.84. The third kappa shape index (κ3) is 4.37. The fourth-order valence-electron chi connectivity index (χ4n) is 1.49. The number of hydrogen-bond acceptors (Lipinski definition) is 4. The standard InChI is InChI=1S/C10H21NO3/c1-2-3-4-5-11-9-6-13-8-14-7-10(9)12/h9-12H,2-8H2,1H3/t9-,10-/m0/s1. The number of ether oxygens (including phenoxy) is 2. The summed E-state index contributed by atoms with van der Waals surface area (Å²) in [6.45, 7) is 4.32. The fourth-order valence-corrected chi connectivity index (χ4v) is 1.49. The normalized spacial score (nSPS) is 28.7. The van der Waals surface area contributed by atoms with Gasteiger partial charge in [-0.05, 0) is 13.0 Å². The lowest BCUT2D eigenvalue weighted by Gasteiger charge is -2.20. The molecule has 0 aromatic rings. The van der Waals surface area contributed by atoms with Crippen molar-refractivity contribution in [1.29, 1.82) is 0 Å². The number of nitrogens with one attached hydrogen (secondary N) is 1. The molecule has 2 atom stereocenters. The zero-order chi connectivity index (χ0) is 10.2. The van der Waals surface area contributed by atoms with Gasteiger partial charge in [0.1, 0.15) is 6.79 Å². The SMILES string of the molecule is CCCCCN[C@H]1COCOC[C@@H]1O. The number of aliphatic hydroxyl groups is 1. The summed E-state index contributed by atoms with van der Waals surface area (Å²) in [5.41, 5.74) is 0. The highest BCUT2D eigenvalue weighted by atomic mass is 16.7. The van der Waals surface area contributed by atoms with Crippen molar-refractivity contribution in [2.24, 2.45) is 0 Å². The molecule has 14 heavy (non-hydrogen) atoms. The van der Waals surface area contributed by atoms with Crippen molar-refractivity contribution in [2.45, 2.75) is 38.3 Å². The van der Waals surface area contributed by atoms with Crippen molar-refractivity contribution in [2.75, 3.05) is 26.6 Å². The molecule has 0 amide bonds. The molecule has 0 unspecified atom stereocenters. The molecule has 0 spiro atoms. The second-order valence-electron chi connectivity index (χ2n) is 3.69. The first kappa shape index (κ1) is 11.9. The molecule has 0 radical (unpaired) electrons. The quantitative estimate of drug-likeness (QED) is 0.639. The fraction of sp³-hybridized carbons (Fsp3) is 1.00. The van der Waals surface area contributed by atoms with E-state index < -0.39 is 6.10 Å². The van der Waals surface area contributed by atoms with Crippen LogP contribution in [0, 0.1) is 0 Å². The van der Waals surface area contributed by atoms with Gasteiger partial charge >= 0.3 is 0 Å². The van der Waals surface area contributed by atoms with E-state index in [1.54, 1.807) is 0 Å². The van der Waals surface area contributed by atoms with Crippen LogP contribution in [0.5, 0.6) is 0 Å². The molecule has 0 aromatic heterocycles. The van der Waals surface area contributed by atoms with Crippen molar-refractivity contribution in [3.8, 4) is 0 Å². The van der Waals surface area contributed by atoms with Crippen LogP contribution < -0.4 is 5.32 Å². The van der Waals surface area contributed by atoms with E-state index >= 15 is 0 Å². The Morgan fingerprint density at radius 2 is 2.07 bits per heavy atom. The Bertz CT molecular complexity index is 143. The third-order valence-electron chi connectivity index (χ3n) is 2.40. The van der Waals surface area contributed by atoms with Crippen molar-refractivity contribution in [3.05, 3.63) is 0 Å². The monoisotopic (exact) mass is 203 g/mol. The molecular weight excluding hydrogens is 182 g/mol. The number of unbranched alkanes of at least 4 members (excludes halogenated alkanes) is 2. The first-order valence-corrected chi connectivity index (χ1v) is 5.41. The van der Waals surface area contributed by atoms with E-state index in [0.29, 0.717) is 20.0 Å². The lowest BCUT2D eigenvalue weighted by Crippen LogP contribution is -2.44. The molecule has 0 aromatic carbocycles. The minimum absolute atomic E-state index is 0.0226. The van der Waals surface area contributed by atoms with Crippen LogP contribution in [-0.4, -0.2) is 43.8 Å². The van der Waals surface area contributed by atoms with E-state index in [-0.39, 0.29) is 6.04 Å². The lowest BCUT2D eigenvalue weighted by molar-refractivity contribution is -0.0421. The van der Waals surface area contributed by atoms with Gasteiger partial charge in [-0.25, -0.2) is 0 Å². The number of aliphatic hydroxyl groups excluding tert-OH is 1. The summed E-state index contributed by atoms with van der Waals surface area (Å²) in [7, 11) is 0. The predicted molar refractivity (Wildman–Crippen MR) is 54.1 cm³/mol. The molecule has 2 N–H and O–H groups in total. The zero-order valence-electron chi connectivity index (χ0n) is 8.87. The van der Waals surface area contributed by atoms with Crippen LogP contribution in [0.3, 0.4) is 0 Å². The van der Waals surface area contributed by atoms with E-state index in [0.717, 1.165) is 13.0 Å². The Labute approximate surface area is 85.6 Å². The van der Waals surface area contributed by atoms with Gasteiger partial charge in [-0.15, -0.1) is 0 Å². The predicted octanol–water partition coefficient (Wildman–Crippen LogP) is 0.500. The maximum absolute atomic E-state index is 9.64. The average Bonchev–Trinajstić information content (AvgIpc) is 2.39.